The van der Waals surface area contributed by atoms with Gasteiger partial charge in [-0.05, 0) is 74.6 Å². The summed E-state index contributed by atoms with van der Waals surface area (Å²) >= 11 is 0. The molecule has 1 amide bonds. The molecular formula is C35H34N4O4. The second kappa shape index (κ2) is 9.91. The molecule has 2 atom stereocenters. The molecule has 1 N–H and O–H groups in total. The molecule has 0 spiro atoms. The molecule has 8 nitrogen and oxygen atoms in total. The van der Waals surface area contributed by atoms with E-state index in [0.717, 1.165) is 35.2 Å². The molecule has 2 saturated carbocycles. The average molecular weight is 575 g/mol. The van der Waals surface area contributed by atoms with E-state index in [-0.39, 0.29) is 28.9 Å². The number of hydrogen-bond acceptors (Lipinski definition) is 6. The molecule has 0 aliphatic heterocycles. The van der Waals surface area contributed by atoms with Crippen molar-refractivity contribution >= 4 is 22.9 Å². The summed E-state index contributed by atoms with van der Waals surface area (Å²) in [5, 5.41) is 13.4. The number of nitrogens with one attached hydrogen (secondary N) is 1. The number of aromatic nitrogens is 2. The first-order chi connectivity index (χ1) is 20.4. The van der Waals surface area contributed by atoms with Crippen molar-refractivity contribution in [3.63, 3.8) is 0 Å². The van der Waals surface area contributed by atoms with Gasteiger partial charge in [0, 0.05) is 35.5 Å². The topological polar surface area (TPSA) is 114 Å². The van der Waals surface area contributed by atoms with Gasteiger partial charge in [-0.2, -0.15) is 5.26 Å². The molecule has 2 aromatic carbocycles. The lowest BCUT2D eigenvalue weighted by Gasteiger charge is -2.22. The summed E-state index contributed by atoms with van der Waals surface area (Å²) in [4.78, 5) is 43.8. The number of amides is 1. The molecule has 0 radical (unpaired) electrons. The van der Waals surface area contributed by atoms with E-state index < -0.39 is 22.4 Å². The van der Waals surface area contributed by atoms with Crippen LogP contribution in [-0.4, -0.2) is 33.1 Å². The molecule has 4 aromatic rings. The van der Waals surface area contributed by atoms with E-state index in [4.69, 9.17) is 4.74 Å². The Balaban J connectivity index is 1.34. The summed E-state index contributed by atoms with van der Waals surface area (Å²) < 4.78 is 7.44. The van der Waals surface area contributed by atoms with Crippen LogP contribution < -0.4 is 10.7 Å². The fourth-order valence-corrected chi connectivity index (χ4v) is 6.14. The molecule has 0 saturated heterocycles. The number of hydrogen-bond donors (Lipinski definition) is 1. The van der Waals surface area contributed by atoms with Crippen molar-refractivity contribution in [3.05, 3.63) is 94.4 Å². The van der Waals surface area contributed by atoms with Gasteiger partial charge in [-0.1, -0.05) is 50.2 Å². The van der Waals surface area contributed by atoms with Crippen LogP contribution in [-0.2, 0) is 9.53 Å². The summed E-state index contributed by atoms with van der Waals surface area (Å²) in [6.07, 6.45) is 5.05. The van der Waals surface area contributed by atoms with Crippen molar-refractivity contribution < 1.29 is 14.3 Å². The Morgan fingerprint density at radius 3 is 2.42 bits per heavy atom. The number of ether oxygens (including phenoxy) is 1. The van der Waals surface area contributed by atoms with Gasteiger partial charge in [0.15, 0.2) is 5.41 Å². The van der Waals surface area contributed by atoms with Gasteiger partial charge in [0.1, 0.15) is 16.8 Å². The summed E-state index contributed by atoms with van der Waals surface area (Å²) in [6, 6.07) is 21.5. The van der Waals surface area contributed by atoms with Crippen molar-refractivity contribution in [2.45, 2.75) is 65.0 Å². The zero-order chi connectivity index (χ0) is 30.7. The van der Waals surface area contributed by atoms with Gasteiger partial charge in [0.25, 0.3) is 5.91 Å². The highest BCUT2D eigenvalue weighted by Gasteiger charge is 2.78. The van der Waals surface area contributed by atoms with Crippen LogP contribution in [0.25, 0.3) is 27.8 Å². The molecule has 2 aliphatic carbocycles. The van der Waals surface area contributed by atoms with Gasteiger partial charge in [0.05, 0.1) is 11.5 Å². The lowest BCUT2D eigenvalue weighted by Crippen LogP contribution is -2.31. The molecular weight excluding hydrogens is 540 g/mol. The highest BCUT2D eigenvalue weighted by molar-refractivity contribution is 5.97. The molecule has 218 valence electrons. The summed E-state index contributed by atoms with van der Waals surface area (Å²) in [5.41, 5.74) is 1.21. The maximum atomic E-state index is 13.2. The third-order valence-corrected chi connectivity index (χ3v) is 8.61. The predicted octanol–water partition coefficient (Wildman–Crippen LogP) is 5.92. The lowest BCUT2D eigenvalue weighted by molar-refractivity contribution is -0.160. The number of esters is 1. The molecule has 8 heteroatoms. The number of rotatable bonds is 6. The average Bonchev–Trinajstić information content (AvgIpc) is 3.87. The first-order valence-electron chi connectivity index (χ1n) is 14.5. The van der Waals surface area contributed by atoms with Crippen LogP contribution in [0.15, 0.2) is 77.9 Å². The third-order valence-electron chi connectivity index (χ3n) is 8.61. The van der Waals surface area contributed by atoms with Crippen LogP contribution in [0, 0.1) is 22.2 Å². The smallest absolute Gasteiger partial charge is 0.328 e. The minimum absolute atomic E-state index is 0.0835. The van der Waals surface area contributed by atoms with E-state index in [1.165, 1.54) is 0 Å². The van der Waals surface area contributed by atoms with E-state index in [2.05, 4.69) is 16.4 Å². The normalized spacial score (nSPS) is 20.7. The monoisotopic (exact) mass is 574 g/mol. The van der Waals surface area contributed by atoms with Crippen molar-refractivity contribution in [1.29, 1.82) is 5.26 Å². The number of nitrogens with zero attached hydrogens (tertiary/aromatic N) is 3. The van der Waals surface area contributed by atoms with Gasteiger partial charge in [-0.25, -0.2) is 4.98 Å². The first-order valence-corrected chi connectivity index (χ1v) is 14.5. The quantitative estimate of drug-likeness (QED) is 0.286. The lowest BCUT2D eigenvalue weighted by atomic mass is 9.96. The van der Waals surface area contributed by atoms with Crippen LogP contribution in [0.4, 0.5) is 0 Å². The maximum absolute atomic E-state index is 13.2. The molecule has 2 unspecified atom stereocenters. The second-order valence-corrected chi connectivity index (χ2v) is 13.1. The van der Waals surface area contributed by atoms with Gasteiger partial charge in [-0.3, -0.25) is 14.4 Å². The molecule has 2 fully saturated rings. The number of fused-ring (bicyclic) bond motifs is 1. The number of benzene rings is 2. The number of nitriles is 1. The highest BCUT2D eigenvalue weighted by Crippen LogP contribution is 2.74. The Morgan fingerprint density at radius 1 is 1.05 bits per heavy atom. The van der Waals surface area contributed by atoms with E-state index >= 15 is 0 Å². The summed E-state index contributed by atoms with van der Waals surface area (Å²) in [6.45, 7) is 9.28. The Labute approximate surface area is 250 Å². The third kappa shape index (κ3) is 4.79. The van der Waals surface area contributed by atoms with Crippen LogP contribution in [0.3, 0.4) is 0 Å². The molecule has 0 bridgehead atoms. The zero-order valence-corrected chi connectivity index (χ0v) is 25.0. The summed E-state index contributed by atoms with van der Waals surface area (Å²) in [7, 11) is 0. The van der Waals surface area contributed by atoms with Crippen molar-refractivity contribution in [1.82, 2.24) is 14.9 Å². The van der Waals surface area contributed by atoms with Crippen LogP contribution in [0.1, 0.15) is 69.3 Å². The van der Waals surface area contributed by atoms with Gasteiger partial charge in [-0.15, -0.1) is 0 Å². The van der Waals surface area contributed by atoms with Crippen molar-refractivity contribution in [2.75, 3.05) is 0 Å². The van der Waals surface area contributed by atoms with E-state index in [1.54, 1.807) is 49.9 Å². The van der Waals surface area contributed by atoms with Crippen molar-refractivity contribution in [3.8, 4) is 22.9 Å². The molecule has 2 heterocycles. The molecule has 2 aliphatic rings. The minimum atomic E-state index is -1.25. The fraction of sp³-hybridized carbons (Fsp3) is 0.343. The van der Waals surface area contributed by atoms with E-state index in [0.29, 0.717) is 11.0 Å². The standard InChI is InChI=1S/C35H34N4O4/c1-33(2,3)43-32(42)35(20-36)29(34(35,4)5)22-13-11-21(12-14-22)23-8-6-9-25(18-23)39-19-27(31(41)38-24-15-16-24)28(40)26-10-7-17-37-30(26)39/h6-14,17-19,24,29H,15-16H2,1-5H3,(H,38,41). The van der Waals surface area contributed by atoms with Crippen LogP contribution in [0.2, 0.25) is 0 Å². The predicted molar refractivity (Wildman–Crippen MR) is 164 cm³/mol. The van der Waals surface area contributed by atoms with E-state index in [9.17, 15) is 19.6 Å². The van der Waals surface area contributed by atoms with Crippen LogP contribution >= 0.6 is 0 Å². The Hall–Kier alpha value is -4.77. The van der Waals surface area contributed by atoms with Crippen LogP contribution in [0.5, 0.6) is 0 Å². The Morgan fingerprint density at radius 2 is 1.77 bits per heavy atom. The minimum Gasteiger partial charge on any atom is -0.459 e. The maximum Gasteiger partial charge on any atom is 0.328 e. The first kappa shape index (κ1) is 28.4. The highest BCUT2D eigenvalue weighted by atomic mass is 16.6. The van der Waals surface area contributed by atoms with Crippen molar-refractivity contribution in [2.24, 2.45) is 10.8 Å². The molecule has 6 rings (SSSR count). The fourth-order valence-electron chi connectivity index (χ4n) is 6.14. The van der Waals surface area contributed by atoms with Gasteiger partial charge < -0.3 is 14.6 Å². The Kier molecular flexibility index (Phi) is 6.53. The number of carbonyl (C=O) groups is 2. The summed E-state index contributed by atoms with van der Waals surface area (Å²) in [5.74, 6) is -1.15. The molecule has 43 heavy (non-hydrogen) atoms. The number of pyridine rings is 2. The second-order valence-electron chi connectivity index (χ2n) is 13.1. The van der Waals surface area contributed by atoms with Gasteiger partial charge in [0.2, 0.25) is 5.43 Å². The van der Waals surface area contributed by atoms with E-state index in [1.807, 2.05) is 62.4 Å². The SMILES string of the molecule is CC(C)(C)OC(=O)C1(C#N)C(c2ccc(-c3cccc(-n4cc(C(=O)NC5CC5)c(=O)c5cccnc54)c3)cc2)C1(C)C. The largest absolute Gasteiger partial charge is 0.459 e. The number of carbonyl (C=O) groups excluding carboxylic acids is 2. The molecule has 2 aromatic heterocycles. The Bertz CT molecular complexity index is 1870. The van der Waals surface area contributed by atoms with Gasteiger partial charge >= 0.3 is 5.97 Å². The zero-order valence-electron chi connectivity index (χ0n) is 25.0.